The van der Waals surface area contributed by atoms with Crippen LogP contribution in [0.4, 0.5) is 0 Å². The van der Waals surface area contributed by atoms with Crippen LogP contribution >= 0.6 is 0 Å². The van der Waals surface area contributed by atoms with Crippen LogP contribution in [0.2, 0.25) is 0 Å². The van der Waals surface area contributed by atoms with Crippen molar-refractivity contribution in [3.8, 4) is 11.3 Å². The summed E-state index contributed by atoms with van der Waals surface area (Å²) in [5.41, 5.74) is 8.91. The van der Waals surface area contributed by atoms with E-state index in [0.717, 1.165) is 34.3 Å². The summed E-state index contributed by atoms with van der Waals surface area (Å²) in [6.07, 6.45) is 2.40. The van der Waals surface area contributed by atoms with E-state index in [4.69, 9.17) is 10.2 Å². The van der Waals surface area contributed by atoms with Gasteiger partial charge >= 0.3 is 0 Å². The number of H-pyrrole nitrogens is 1. The SMILES string of the molecule is Cc1[nH]nc2c1c(=O)n(CCCN)c1ccc(-c3ccco3)cc21. The molecule has 0 fully saturated rings. The predicted molar refractivity (Wildman–Crippen MR) is 94.0 cm³/mol. The zero-order valence-corrected chi connectivity index (χ0v) is 13.4. The Morgan fingerprint density at radius 1 is 1.33 bits per heavy atom. The minimum atomic E-state index is -0.0250. The molecule has 3 N–H and O–H groups in total. The Hall–Kier alpha value is -2.86. The van der Waals surface area contributed by atoms with Crippen molar-refractivity contribution < 1.29 is 4.42 Å². The first-order valence-electron chi connectivity index (χ1n) is 7.96. The second kappa shape index (κ2) is 5.65. The summed E-state index contributed by atoms with van der Waals surface area (Å²) in [6, 6.07) is 9.71. The number of nitrogens with one attached hydrogen (secondary N) is 1. The molecule has 0 radical (unpaired) electrons. The van der Waals surface area contributed by atoms with Gasteiger partial charge in [-0.25, -0.2) is 0 Å². The van der Waals surface area contributed by atoms with E-state index in [1.807, 2.05) is 37.3 Å². The van der Waals surface area contributed by atoms with Gasteiger partial charge < -0.3 is 14.7 Å². The van der Waals surface area contributed by atoms with Crippen LogP contribution in [0.1, 0.15) is 12.1 Å². The fourth-order valence-corrected chi connectivity index (χ4v) is 3.16. The molecule has 3 aromatic heterocycles. The molecule has 4 aromatic rings. The van der Waals surface area contributed by atoms with Crippen molar-refractivity contribution in [1.82, 2.24) is 14.8 Å². The smallest absolute Gasteiger partial charge is 0.262 e. The van der Waals surface area contributed by atoms with E-state index < -0.39 is 0 Å². The molecule has 0 saturated carbocycles. The first-order valence-corrected chi connectivity index (χ1v) is 7.96. The van der Waals surface area contributed by atoms with Crippen molar-refractivity contribution in [3.63, 3.8) is 0 Å². The minimum absolute atomic E-state index is 0.0250. The fourth-order valence-electron chi connectivity index (χ4n) is 3.16. The number of pyridine rings is 1. The third-order valence-electron chi connectivity index (χ3n) is 4.34. The Bertz CT molecular complexity index is 1070. The summed E-state index contributed by atoms with van der Waals surface area (Å²) in [7, 11) is 0. The van der Waals surface area contributed by atoms with Gasteiger partial charge in [0.05, 0.1) is 17.2 Å². The number of nitrogens with zero attached hydrogens (tertiary/aromatic N) is 2. The molecule has 3 heterocycles. The van der Waals surface area contributed by atoms with E-state index in [9.17, 15) is 4.79 Å². The summed E-state index contributed by atoms with van der Waals surface area (Å²) in [4.78, 5) is 12.9. The van der Waals surface area contributed by atoms with Crippen LogP contribution in [0.25, 0.3) is 33.1 Å². The van der Waals surface area contributed by atoms with Crippen LogP contribution < -0.4 is 11.3 Å². The third kappa shape index (κ3) is 2.15. The van der Waals surface area contributed by atoms with Crippen molar-refractivity contribution in [2.45, 2.75) is 19.9 Å². The second-order valence-corrected chi connectivity index (χ2v) is 5.88. The van der Waals surface area contributed by atoms with E-state index in [0.29, 0.717) is 24.0 Å². The molecule has 4 rings (SSSR count). The highest BCUT2D eigenvalue weighted by Crippen LogP contribution is 2.28. The number of rotatable bonds is 4. The van der Waals surface area contributed by atoms with E-state index in [-0.39, 0.29) is 5.56 Å². The molecule has 24 heavy (non-hydrogen) atoms. The van der Waals surface area contributed by atoms with Gasteiger partial charge in [0, 0.05) is 23.2 Å². The Balaban J connectivity index is 2.08. The lowest BCUT2D eigenvalue weighted by atomic mass is 10.1. The van der Waals surface area contributed by atoms with Gasteiger partial charge in [0.25, 0.3) is 5.56 Å². The average molecular weight is 322 g/mol. The monoisotopic (exact) mass is 322 g/mol. The van der Waals surface area contributed by atoms with Gasteiger partial charge in [0.1, 0.15) is 11.3 Å². The Labute approximate surface area is 137 Å². The number of hydrogen-bond donors (Lipinski definition) is 2. The molecule has 1 aromatic carbocycles. The first kappa shape index (κ1) is 14.7. The largest absolute Gasteiger partial charge is 0.464 e. The summed E-state index contributed by atoms with van der Waals surface area (Å²) in [5, 5.41) is 8.86. The lowest BCUT2D eigenvalue weighted by Gasteiger charge is -2.11. The summed E-state index contributed by atoms with van der Waals surface area (Å²) in [5.74, 6) is 0.789. The number of aromatic nitrogens is 3. The maximum atomic E-state index is 12.9. The standard InChI is InChI=1S/C18H18N4O2/c1-11-16-17(21-20-11)13-10-12(15-4-2-9-24-15)5-6-14(13)22(18(16)23)8-3-7-19/h2,4-6,9-10H,3,7-8,19H2,1H3,(H,20,21). The number of benzene rings is 1. The van der Waals surface area contributed by atoms with Gasteiger partial charge in [-0.05, 0) is 50.2 Å². The minimum Gasteiger partial charge on any atom is -0.464 e. The molecule has 0 saturated heterocycles. The summed E-state index contributed by atoms with van der Waals surface area (Å²) < 4.78 is 7.28. The first-order chi connectivity index (χ1) is 11.7. The Kier molecular flexibility index (Phi) is 3.46. The number of aryl methyl sites for hydroxylation is 2. The lowest BCUT2D eigenvalue weighted by molar-refractivity contribution is 0.582. The average Bonchev–Trinajstić information content (AvgIpc) is 3.24. The Morgan fingerprint density at radius 3 is 2.96 bits per heavy atom. The maximum absolute atomic E-state index is 12.9. The number of hydrogen-bond acceptors (Lipinski definition) is 4. The maximum Gasteiger partial charge on any atom is 0.262 e. The van der Waals surface area contributed by atoms with Crippen LogP contribution in [0.15, 0.2) is 45.8 Å². The van der Waals surface area contributed by atoms with Crippen molar-refractivity contribution >= 4 is 21.8 Å². The molecule has 0 amide bonds. The topological polar surface area (TPSA) is 89.8 Å². The molecule has 0 spiro atoms. The molecule has 6 nitrogen and oxygen atoms in total. The van der Waals surface area contributed by atoms with Crippen LogP contribution in [0, 0.1) is 6.92 Å². The van der Waals surface area contributed by atoms with E-state index in [1.54, 1.807) is 10.8 Å². The summed E-state index contributed by atoms with van der Waals surface area (Å²) >= 11 is 0. The molecule has 0 aliphatic heterocycles. The normalized spacial score (nSPS) is 11.6. The molecule has 0 aliphatic rings. The number of fused-ring (bicyclic) bond motifs is 3. The predicted octanol–water partition coefficient (Wildman–Crippen LogP) is 2.80. The van der Waals surface area contributed by atoms with Gasteiger partial charge in [0.2, 0.25) is 0 Å². The molecule has 122 valence electrons. The van der Waals surface area contributed by atoms with E-state index in [1.165, 1.54) is 0 Å². The van der Waals surface area contributed by atoms with Gasteiger partial charge in [-0.3, -0.25) is 9.89 Å². The van der Waals surface area contributed by atoms with Crippen molar-refractivity contribution in [2.24, 2.45) is 5.73 Å². The fraction of sp³-hybridized carbons (Fsp3) is 0.222. The van der Waals surface area contributed by atoms with Crippen LogP contribution in [-0.4, -0.2) is 21.3 Å². The number of nitrogens with two attached hydrogens (primary N) is 1. The quantitative estimate of drug-likeness (QED) is 0.604. The highest BCUT2D eigenvalue weighted by molar-refractivity contribution is 6.05. The summed E-state index contributed by atoms with van der Waals surface area (Å²) in [6.45, 7) is 3.00. The second-order valence-electron chi connectivity index (χ2n) is 5.88. The van der Waals surface area contributed by atoms with E-state index >= 15 is 0 Å². The molecule has 0 aliphatic carbocycles. The van der Waals surface area contributed by atoms with Crippen LogP contribution in [0.5, 0.6) is 0 Å². The van der Waals surface area contributed by atoms with Gasteiger partial charge in [0.15, 0.2) is 0 Å². The van der Waals surface area contributed by atoms with E-state index in [2.05, 4.69) is 10.2 Å². The number of furan rings is 1. The van der Waals surface area contributed by atoms with Crippen molar-refractivity contribution in [2.75, 3.05) is 6.54 Å². The van der Waals surface area contributed by atoms with Gasteiger partial charge in [-0.15, -0.1) is 0 Å². The number of aromatic amines is 1. The van der Waals surface area contributed by atoms with Crippen molar-refractivity contribution in [3.05, 3.63) is 52.6 Å². The highest BCUT2D eigenvalue weighted by atomic mass is 16.3. The molecule has 0 unspecified atom stereocenters. The van der Waals surface area contributed by atoms with Gasteiger partial charge in [-0.1, -0.05) is 0 Å². The third-order valence-corrected chi connectivity index (χ3v) is 4.34. The van der Waals surface area contributed by atoms with Crippen LogP contribution in [-0.2, 0) is 6.54 Å². The molecule has 0 bridgehead atoms. The Morgan fingerprint density at radius 2 is 2.21 bits per heavy atom. The molecular formula is C18H18N4O2. The zero-order chi connectivity index (χ0) is 16.7. The van der Waals surface area contributed by atoms with Crippen molar-refractivity contribution in [1.29, 1.82) is 0 Å². The lowest BCUT2D eigenvalue weighted by Crippen LogP contribution is -2.22. The molecule has 6 heteroatoms. The zero-order valence-electron chi connectivity index (χ0n) is 13.4. The molecular weight excluding hydrogens is 304 g/mol. The highest BCUT2D eigenvalue weighted by Gasteiger charge is 2.16. The molecule has 0 atom stereocenters. The van der Waals surface area contributed by atoms with Crippen LogP contribution in [0.3, 0.4) is 0 Å². The van der Waals surface area contributed by atoms with Gasteiger partial charge in [-0.2, -0.15) is 5.10 Å².